The highest BCUT2D eigenvalue weighted by molar-refractivity contribution is 5.81. The molecule has 4 saturated carbocycles. The summed E-state index contributed by atoms with van der Waals surface area (Å²) >= 11 is 0. The van der Waals surface area contributed by atoms with E-state index in [-0.39, 0.29) is 41.5 Å². The van der Waals surface area contributed by atoms with Gasteiger partial charge in [-0.1, -0.05) is 20.8 Å². The Bertz CT molecular complexity index is 757. The molecule has 0 aromatic carbocycles. The number of amides is 1. The van der Waals surface area contributed by atoms with E-state index in [9.17, 15) is 19.8 Å². The van der Waals surface area contributed by atoms with E-state index < -0.39 is 0 Å². The normalized spacial score (nSPS) is 44.4. The van der Waals surface area contributed by atoms with E-state index in [0.717, 1.165) is 32.1 Å². The summed E-state index contributed by atoms with van der Waals surface area (Å²) in [7, 11) is 0. The number of hydrogen-bond donors (Lipinski definition) is 3. The highest BCUT2D eigenvalue weighted by atomic mass is 16.5. The van der Waals surface area contributed by atoms with Crippen LogP contribution in [-0.2, 0) is 14.3 Å². The molecule has 3 N–H and O–H groups in total. The van der Waals surface area contributed by atoms with Gasteiger partial charge in [-0.05, 0) is 111 Å². The Balaban J connectivity index is 1.38. The molecule has 4 aliphatic carbocycles. The van der Waals surface area contributed by atoms with Crippen LogP contribution < -0.4 is 5.32 Å². The van der Waals surface area contributed by atoms with E-state index in [1.165, 1.54) is 25.7 Å². The summed E-state index contributed by atoms with van der Waals surface area (Å²) in [6.45, 7) is 9.25. The van der Waals surface area contributed by atoms with Crippen LogP contribution in [0.3, 0.4) is 0 Å². The molecule has 194 valence electrons. The summed E-state index contributed by atoms with van der Waals surface area (Å²) in [5, 5.41) is 24.3. The maximum Gasteiger partial charge on any atom is 0.325 e. The van der Waals surface area contributed by atoms with Crippen molar-refractivity contribution >= 4 is 11.9 Å². The molecule has 34 heavy (non-hydrogen) atoms. The average molecular weight is 478 g/mol. The standard InChI is InChI=1S/C28H47NO5/c1-5-34-25(33)16-29-24(32)9-6-17(2)20-7-8-21-26-22(11-13-28(20,21)4)27(3)12-10-19(30)14-18(27)15-23(26)31/h17-23,26,30-31H,5-16H2,1-4H3,(H,29,32)/t17-,18-,19-,20-,21+,22+,23+,26+,27+,28-/m1/s1. The summed E-state index contributed by atoms with van der Waals surface area (Å²) in [4.78, 5) is 23.8. The second-order valence-electron chi connectivity index (χ2n) is 12.6. The van der Waals surface area contributed by atoms with Crippen molar-refractivity contribution in [1.29, 1.82) is 0 Å². The zero-order valence-electron chi connectivity index (χ0n) is 21.7. The third kappa shape index (κ3) is 4.66. The van der Waals surface area contributed by atoms with Crippen LogP contribution in [0.2, 0.25) is 0 Å². The smallest absolute Gasteiger partial charge is 0.325 e. The van der Waals surface area contributed by atoms with E-state index in [1.54, 1.807) is 6.92 Å². The number of ether oxygens (including phenoxy) is 1. The molecule has 0 radical (unpaired) electrons. The molecule has 6 heteroatoms. The van der Waals surface area contributed by atoms with E-state index >= 15 is 0 Å². The summed E-state index contributed by atoms with van der Waals surface area (Å²) in [6.07, 6.45) is 9.29. The molecule has 1 amide bonds. The highest BCUT2D eigenvalue weighted by Gasteiger charge is 2.62. The molecular weight excluding hydrogens is 430 g/mol. The predicted molar refractivity (Wildman–Crippen MR) is 131 cm³/mol. The Morgan fingerprint density at radius 2 is 1.74 bits per heavy atom. The fraction of sp³-hybridized carbons (Fsp3) is 0.929. The van der Waals surface area contributed by atoms with Crippen LogP contribution in [0.1, 0.15) is 91.9 Å². The van der Waals surface area contributed by atoms with Crippen LogP contribution in [0.4, 0.5) is 0 Å². The molecule has 0 aliphatic heterocycles. The van der Waals surface area contributed by atoms with Crippen molar-refractivity contribution in [2.24, 2.45) is 46.3 Å². The molecule has 4 aliphatic rings. The number of esters is 1. The van der Waals surface area contributed by atoms with Crippen molar-refractivity contribution in [2.45, 2.75) is 104 Å². The summed E-state index contributed by atoms with van der Waals surface area (Å²) < 4.78 is 4.88. The number of aliphatic hydroxyl groups excluding tert-OH is 2. The molecule has 10 atom stereocenters. The molecule has 0 heterocycles. The lowest BCUT2D eigenvalue weighted by Gasteiger charge is -2.62. The summed E-state index contributed by atoms with van der Waals surface area (Å²) in [5.74, 6) is 2.48. The third-order valence-corrected chi connectivity index (χ3v) is 11.0. The molecule has 0 spiro atoms. The van der Waals surface area contributed by atoms with Crippen molar-refractivity contribution in [3.8, 4) is 0 Å². The van der Waals surface area contributed by atoms with Gasteiger partial charge in [0, 0.05) is 6.42 Å². The van der Waals surface area contributed by atoms with Crippen molar-refractivity contribution in [1.82, 2.24) is 5.32 Å². The second kappa shape index (κ2) is 10.1. The Morgan fingerprint density at radius 3 is 2.47 bits per heavy atom. The van der Waals surface area contributed by atoms with Gasteiger partial charge in [0.2, 0.25) is 5.91 Å². The average Bonchev–Trinajstić information content (AvgIpc) is 3.14. The van der Waals surface area contributed by atoms with Gasteiger partial charge < -0.3 is 20.3 Å². The molecule has 0 unspecified atom stereocenters. The zero-order valence-corrected chi connectivity index (χ0v) is 21.7. The predicted octanol–water partition coefficient (Wildman–Crippen LogP) is 4.07. The van der Waals surface area contributed by atoms with Gasteiger partial charge in [0.05, 0.1) is 18.8 Å². The van der Waals surface area contributed by atoms with Crippen LogP contribution >= 0.6 is 0 Å². The third-order valence-electron chi connectivity index (χ3n) is 11.0. The zero-order chi connectivity index (χ0) is 24.7. The summed E-state index contributed by atoms with van der Waals surface area (Å²) in [5.41, 5.74) is 0.478. The fourth-order valence-electron chi connectivity index (χ4n) is 9.21. The monoisotopic (exact) mass is 477 g/mol. The maximum absolute atomic E-state index is 12.3. The topological polar surface area (TPSA) is 95.9 Å². The molecule has 0 bridgehead atoms. The molecule has 0 saturated heterocycles. The van der Waals surface area contributed by atoms with Gasteiger partial charge in [-0.2, -0.15) is 0 Å². The van der Waals surface area contributed by atoms with Gasteiger partial charge >= 0.3 is 5.97 Å². The molecule has 0 aromatic heterocycles. The lowest BCUT2D eigenvalue weighted by Crippen LogP contribution is -2.58. The van der Waals surface area contributed by atoms with Crippen molar-refractivity contribution in [3.63, 3.8) is 0 Å². The first-order chi connectivity index (χ1) is 16.1. The number of hydrogen-bond acceptors (Lipinski definition) is 5. The van der Waals surface area contributed by atoms with Crippen LogP contribution in [0, 0.1) is 46.3 Å². The van der Waals surface area contributed by atoms with Gasteiger partial charge in [0.15, 0.2) is 0 Å². The quantitative estimate of drug-likeness (QED) is 0.480. The van der Waals surface area contributed by atoms with Gasteiger partial charge in [0.1, 0.15) is 6.54 Å². The Kier molecular flexibility index (Phi) is 7.69. The minimum absolute atomic E-state index is 0.0536. The first kappa shape index (κ1) is 25.9. The second-order valence-corrected chi connectivity index (χ2v) is 12.6. The van der Waals surface area contributed by atoms with Crippen LogP contribution in [0.25, 0.3) is 0 Å². The molecule has 4 fully saturated rings. The van der Waals surface area contributed by atoms with Crippen molar-refractivity contribution in [3.05, 3.63) is 0 Å². The first-order valence-electron chi connectivity index (χ1n) is 13.9. The molecule has 4 rings (SSSR count). The van der Waals surface area contributed by atoms with E-state index in [1.807, 2.05) is 0 Å². The van der Waals surface area contributed by atoms with Crippen molar-refractivity contribution in [2.75, 3.05) is 13.2 Å². The fourth-order valence-corrected chi connectivity index (χ4v) is 9.21. The largest absolute Gasteiger partial charge is 0.465 e. The van der Waals surface area contributed by atoms with E-state index in [0.29, 0.717) is 48.5 Å². The maximum atomic E-state index is 12.3. The minimum Gasteiger partial charge on any atom is -0.465 e. The summed E-state index contributed by atoms with van der Waals surface area (Å²) in [6, 6.07) is 0. The van der Waals surface area contributed by atoms with Crippen LogP contribution in [-0.4, -0.2) is 47.4 Å². The number of carbonyl (C=O) groups excluding carboxylic acids is 2. The van der Waals surface area contributed by atoms with E-state index in [4.69, 9.17) is 4.74 Å². The molecule has 6 nitrogen and oxygen atoms in total. The first-order valence-corrected chi connectivity index (χ1v) is 13.9. The van der Waals surface area contributed by atoms with Crippen LogP contribution in [0.15, 0.2) is 0 Å². The van der Waals surface area contributed by atoms with E-state index in [2.05, 4.69) is 26.1 Å². The minimum atomic E-state index is -0.388. The van der Waals surface area contributed by atoms with Crippen molar-refractivity contribution < 1.29 is 24.5 Å². The molecule has 0 aromatic rings. The van der Waals surface area contributed by atoms with Gasteiger partial charge in [-0.3, -0.25) is 9.59 Å². The van der Waals surface area contributed by atoms with Crippen LogP contribution in [0.5, 0.6) is 0 Å². The lowest BCUT2D eigenvalue weighted by molar-refractivity contribution is -0.174. The lowest BCUT2D eigenvalue weighted by atomic mass is 9.43. The number of rotatable bonds is 7. The number of nitrogens with one attached hydrogen (secondary N) is 1. The molecular formula is C28H47NO5. The number of aliphatic hydroxyl groups is 2. The Morgan fingerprint density at radius 1 is 1.03 bits per heavy atom. The van der Waals surface area contributed by atoms with Gasteiger partial charge in [0.25, 0.3) is 0 Å². The number of carbonyl (C=O) groups is 2. The van der Waals surface area contributed by atoms with Gasteiger partial charge in [-0.15, -0.1) is 0 Å². The Hall–Kier alpha value is -1.14. The van der Waals surface area contributed by atoms with Gasteiger partial charge in [-0.25, -0.2) is 0 Å². The highest BCUT2D eigenvalue weighted by Crippen LogP contribution is 2.68. The number of fused-ring (bicyclic) bond motifs is 5. The Labute approximate surface area is 205 Å². The SMILES string of the molecule is CCOC(=O)CNC(=O)CC[C@@H](C)[C@H]1CC[C@H]2[C@@H]3[C@@H](O)C[C@H]4C[C@H](O)CC[C@]4(C)[C@H]3CC[C@]12C.